The third kappa shape index (κ3) is 12.0. The Morgan fingerprint density at radius 1 is 0.696 bits per heavy atom. The predicted octanol–water partition coefficient (Wildman–Crippen LogP) is 5.43. The van der Waals surface area contributed by atoms with Crippen LogP contribution in [0.4, 0.5) is 0 Å². The van der Waals surface area contributed by atoms with Crippen LogP contribution in [0.1, 0.15) is 85.5 Å². The summed E-state index contributed by atoms with van der Waals surface area (Å²) in [7, 11) is 0. The molecule has 0 N–H and O–H groups in total. The van der Waals surface area contributed by atoms with Gasteiger partial charge in [0.2, 0.25) is 0 Å². The van der Waals surface area contributed by atoms with Crippen molar-refractivity contribution in [2.24, 2.45) is 11.8 Å². The third-order valence-electron chi connectivity index (χ3n) is 5.19. The molecule has 23 heavy (non-hydrogen) atoms. The SMILES string of the molecule is CC(C)CCN(CCCCCCCN1CCCC1)CCC(C)C. The van der Waals surface area contributed by atoms with Gasteiger partial charge < -0.3 is 9.80 Å². The van der Waals surface area contributed by atoms with Gasteiger partial charge in [0.05, 0.1) is 0 Å². The molecule has 0 aromatic carbocycles. The molecule has 0 spiro atoms. The fourth-order valence-corrected chi connectivity index (χ4v) is 3.42. The number of likely N-dealkylation sites (tertiary alicyclic amines) is 1. The zero-order valence-electron chi connectivity index (χ0n) is 16.7. The van der Waals surface area contributed by atoms with Gasteiger partial charge in [0.15, 0.2) is 0 Å². The highest BCUT2D eigenvalue weighted by atomic mass is 15.1. The highest BCUT2D eigenvalue weighted by Crippen LogP contribution is 2.12. The average molecular weight is 325 g/mol. The number of unbranched alkanes of at least 4 members (excludes halogenated alkanes) is 4. The van der Waals surface area contributed by atoms with Gasteiger partial charge in [-0.3, -0.25) is 0 Å². The fraction of sp³-hybridized carbons (Fsp3) is 1.00. The Hall–Kier alpha value is -0.0800. The number of rotatable bonds is 14. The Morgan fingerprint density at radius 2 is 1.22 bits per heavy atom. The summed E-state index contributed by atoms with van der Waals surface area (Å²) >= 11 is 0. The smallest absolute Gasteiger partial charge is 0.00163 e. The van der Waals surface area contributed by atoms with Crippen LogP contribution < -0.4 is 0 Å². The summed E-state index contributed by atoms with van der Waals surface area (Å²) in [5.74, 6) is 1.67. The normalized spacial score (nSPS) is 16.3. The molecule has 1 fully saturated rings. The first-order chi connectivity index (χ1) is 11.1. The quantitative estimate of drug-likeness (QED) is 0.393. The molecule has 1 saturated heterocycles. The molecule has 138 valence electrons. The Bertz CT molecular complexity index is 245. The summed E-state index contributed by atoms with van der Waals surface area (Å²) in [6, 6.07) is 0. The lowest BCUT2D eigenvalue weighted by atomic mass is 10.1. The van der Waals surface area contributed by atoms with Gasteiger partial charge >= 0.3 is 0 Å². The summed E-state index contributed by atoms with van der Waals surface area (Å²) in [5, 5.41) is 0. The largest absolute Gasteiger partial charge is 0.303 e. The van der Waals surface area contributed by atoms with Gasteiger partial charge in [-0.1, -0.05) is 47.0 Å². The molecule has 0 bridgehead atoms. The molecule has 0 aliphatic carbocycles. The predicted molar refractivity (Wildman–Crippen MR) is 104 cm³/mol. The van der Waals surface area contributed by atoms with E-state index in [0.29, 0.717) is 0 Å². The van der Waals surface area contributed by atoms with E-state index in [-0.39, 0.29) is 0 Å². The molecule has 0 saturated carbocycles. The maximum atomic E-state index is 2.73. The van der Waals surface area contributed by atoms with E-state index in [1.807, 2.05) is 0 Å². The van der Waals surface area contributed by atoms with Crippen molar-refractivity contribution in [3.63, 3.8) is 0 Å². The molecule has 0 amide bonds. The molecule has 2 nitrogen and oxygen atoms in total. The third-order valence-corrected chi connectivity index (χ3v) is 5.19. The molecule has 0 unspecified atom stereocenters. The van der Waals surface area contributed by atoms with E-state index in [1.54, 1.807) is 0 Å². The molecule has 1 aliphatic rings. The number of hydrogen-bond donors (Lipinski definition) is 0. The van der Waals surface area contributed by atoms with Gasteiger partial charge in [0.25, 0.3) is 0 Å². The molecule has 1 rings (SSSR count). The van der Waals surface area contributed by atoms with Crippen LogP contribution in [0.15, 0.2) is 0 Å². The molecule has 0 aromatic rings. The van der Waals surface area contributed by atoms with E-state index < -0.39 is 0 Å². The van der Waals surface area contributed by atoms with Crippen LogP contribution in [0.2, 0.25) is 0 Å². The number of hydrogen-bond acceptors (Lipinski definition) is 2. The topological polar surface area (TPSA) is 6.48 Å². The van der Waals surface area contributed by atoms with Crippen molar-refractivity contribution in [1.29, 1.82) is 0 Å². The van der Waals surface area contributed by atoms with Crippen LogP contribution in [0.3, 0.4) is 0 Å². The van der Waals surface area contributed by atoms with E-state index >= 15 is 0 Å². The molecule has 0 atom stereocenters. The monoisotopic (exact) mass is 324 g/mol. The van der Waals surface area contributed by atoms with Crippen LogP contribution in [0.25, 0.3) is 0 Å². The van der Waals surface area contributed by atoms with Crippen molar-refractivity contribution >= 4 is 0 Å². The van der Waals surface area contributed by atoms with Gasteiger partial charge in [0.1, 0.15) is 0 Å². The van der Waals surface area contributed by atoms with E-state index in [0.717, 1.165) is 11.8 Å². The minimum absolute atomic E-state index is 0.835. The summed E-state index contributed by atoms with van der Waals surface area (Å²) in [6.45, 7) is 17.4. The van der Waals surface area contributed by atoms with Gasteiger partial charge in [-0.2, -0.15) is 0 Å². The van der Waals surface area contributed by atoms with Gasteiger partial charge in [-0.25, -0.2) is 0 Å². The Labute approximate surface area is 147 Å². The molecule has 0 radical (unpaired) electrons. The van der Waals surface area contributed by atoms with Crippen molar-refractivity contribution < 1.29 is 0 Å². The van der Waals surface area contributed by atoms with Crippen molar-refractivity contribution in [2.45, 2.75) is 85.5 Å². The van der Waals surface area contributed by atoms with Crippen LogP contribution in [0.5, 0.6) is 0 Å². The van der Waals surface area contributed by atoms with E-state index in [4.69, 9.17) is 0 Å². The Morgan fingerprint density at radius 3 is 1.78 bits per heavy atom. The zero-order valence-corrected chi connectivity index (χ0v) is 16.7. The van der Waals surface area contributed by atoms with Crippen molar-refractivity contribution in [3.8, 4) is 0 Å². The first kappa shape index (κ1) is 21.0. The fourth-order valence-electron chi connectivity index (χ4n) is 3.42. The molecule has 0 aromatic heterocycles. The minimum atomic E-state index is 0.835. The second-order valence-corrected chi connectivity index (χ2v) is 8.52. The van der Waals surface area contributed by atoms with E-state index in [1.165, 1.54) is 97.1 Å². The average Bonchev–Trinajstić information content (AvgIpc) is 3.01. The molecule has 1 heterocycles. The van der Waals surface area contributed by atoms with Crippen LogP contribution in [-0.2, 0) is 0 Å². The van der Waals surface area contributed by atoms with Gasteiger partial charge in [-0.15, -0.1) is 0 Å². The van der Waals surface area contributed by atoms with Crippen molar-refractivity contribution in [3.05, 3.63) is 0 Å². The van der Waals surface area contributed by atoms with E-state index in [2.05, 4.69) is 37.5 Å². The lowest BCUT2D eigenvalue weighted by molar-refractivity contribution is 0.238. The summed E-state index contributed by atoms with van der Waals surface area (Å²) < 4.78 is 0. The van der Waals surface area contributed by atoms with E-state index in [9.17, 15) is 0 Å². The lowest BCUT2D eigenvalue weighted by Crippen LogP contribution is -2.28. The summed E-state index contributed by atoms with van der Waals surface area (Å²) in [4.78, 5) is 5.38. The Kier molecular flexibility index (Phi) is 12.1. The minimum Gasteiger partial charge on any atom is -0.303 e. The van der Waals surface area contributed by atoms with Crippen LogP contribution in [0, 0.1) is 11.8 Å². The highest BCUT2D eigenvalue weighted by Gasteiger charge is 2.10. The first-order valence-corrected chi connectivity index (χ1v) is 10.5. The molecular weight excluding hydrogens is 280 g/mol. The summed E-state index contributed by atoms with van der Waals surface area (Å²) in [5.41, 5.74) is 0. The van der Waals surface area contributed by atoms with Gasteiger partial charge in [-0.05, 0) is 89.6 Å². The van der Waals surface area contributed by atoms with Crippen molar-refractivity contribution in [1.82, 2.24) is 9.80 Å². The lowest BCUT2D eigenvalue weighted by Gasteiger charge is -2.24. The standard InChI is InChI=1S/C21H44N2/c1-20(2)12-18-23(19-13-21(3)4)15-9-7-5-6-8-14-22-16-10-11-17-22/h20-21H,5-19H2,1-4H3. The molecular formula is C21H44N2. The summed E-state index contributed by atoms with van der Waals surface area (Å²) in [6.07, 6.45) is 12.7. The van der Waals surface area contributed by atoms with Crippen molar-refractivity contribution in [2.75, 3.05) is 39.3 Å². The zero-order chi connectivity index (χ0) is 16.9. The maximum absolute atomic E-state index is 2.73. The second-order valence-electron chi connectivity index (χ2n) is 8.52. The maximum Gasteiger partial charge on any atom is -0.00163 e. The molecule has 1 aliphatic heterocycles. The van der Waals surface area contributed by atoms with Crippen LogP contribution in [-0.4, -0.2) is 49.1 Å². The second kappa shape index (κ2) is 13.2. The first-order valence-electron chi connectivity index (χ1n) is 10.5. The Balaban J connectivity index is 2.00. The van der Waals surface area contributed by atoms with Gasteiger partial charge in [0, 0.05) is 0 Å². The number of nitrogens with zero attached hydrogens (tertiary/aromatic N) is 2. The molecule has 2 heteroatoms. The van der Waals surface area contributed by atoms with Crippen LogP contribution >= 0.6 is 0 Å². The highest BCUT2D eigenvalue weighted by molar-refractivity contribution is 4.66.